The molecule has 0 atom stereocenters. The quantitative estimate of drug-likeness (QED) is 0.174. The number of rotatable bonds is 7. The molecule has 0 aromatic heterocycles. The summed E-state index contributed by atoms with van der Waals surface area (Å²) in [6, 6.07) is 67.1. The first kappa shape index (κ1) is 26.6. The van der Waals surface area contributed by atoms with Gasteiger partial charge in [-0.05, 0) is 97.1 Å². The average molecular weight is 576 g/mol. The summed E-state index contributed by atoms with van der Waals surface area (Å²) >= 11 is 0. The van der Waals surface area contributed by atoms with Crippen LogP contribution in [0.3, 0.4) is 0 Å². The highest BCUT2D eigenvalue weighted by Gasteiger charge is 2.38. The molecule has 2 nitrogen and oxygen atoms in total. The molecule has 0 heterocycles. The lowest BCUT2D eigenvalue weighted by atomic mass is 9.89. The number of benzene rings is 7. The normalized spacial score (nSPS) is 11.5. The lowest BCUT2D eigenvalue weighted by Crippen LogP contribution is -2.11. The summed E-state index contributed by atoms with van der Waals surface area (Å²) in [6.07, 6.45) is 0. The first-order valence-electron chi connectivity index (χ1n) is 15.4. The van der Waals surface area contributed by atoms with E-state index < -0.39 is 0 Å². The Bertz CT molecular complexity index is 1830. The van der Waals surface area contributed by atoms with Gasteiger partial charge in [-0.2, -0.15) is 0 Å². The maximum atomic E-state index is 2.36. The van der Waals surface area contributed by atoms with E-state index in [4.69, 9.17) is 0 Å². The third-order valence-corrected chi connectivity index (χ3v) is 8.47. The fraction of sp³-hybridized carbons (Fsp3) is 0. The second-order valence-corrected chi connectivity index (χ2v) is 11.2. The van der Waals surface area contributed by atoms with Gasteiger partial charge in [-0.25, -0.2) is 0 Å². The van der Waals surface area contributed by atoms with Gasteiger partial charge in [0.25, 0.3) is 0 Å². The predicted octanol–water partition coefficient (Wildman–Crippen LogP) is 11.6. The fourth-order valence-electron chi connectivity index (χ4n) is 6.49. The second-order valence-electron chi connectivity index (χ2n) is 11.2. The Morgan fingerprint density at radius 1 is 0.289 bits per heavy atom. The van der Waals surface area contributed by atoms with Gasteiger partial charge in [0.2, 0.25) is 0 Å². The molecule has 1 aliphatic rings. The van der Waals surface area contributed by atoms with Crippen molar-refractivity contribution in [2.75, 3.05) is 9.80 Å². The molecule has 0 saturated heterocycles. The van der Waals surface area contributed by atoms with Gasteiger partial charge in [0.15, 0.2) is 0 Å². The van der Waals surface area contributed by atoms with Crippen LogP contribution in [0.5, 0.6) is 0 Å². The Balaban J connectivity index is 1.30. The molecule has 0 saturated carbocycles. The fourth-order valence-corrected chi connectivity index (χ4v) is 6.49. The monoisotopic (exact) mass is 575 g/mol. The summed E-state index contributed by atoms with van der Waals surface area (Å²) in [5.41, 5.74) is 13.0. The number of hydrogen-bond donors (Lipinski definition) is 0. The van der Waals surface area contributed by atoms with Crippen molar-refractivity contribution in [3.05, 3.63) is 211 Å². The van der Waals surface area contributed by atoms with Crippen LogP contribution in [0.25, 0.3) is 11.1 Å². The van der Waals surface area contributed by atoms with Crippen LogP contribution in [0, 0.1) is 5.92 Å². The molecule has 7 aromatic carbocycles. The molecule has 0 amide bonds. The Kier molecular flexibility index (Phi) is 6.86. The number of fused-ring (bicyclic) bond motifs is 3. The van der Waals surface area contributed by atoms with Crippen molar-refractivity contribution in [1.29, 1.82) is 0 Å². The van der Waals surface area contributed by atoms with E-state index in [0.717, 1.165) is 34.1 Å². The zero-order valence-electron chi connectivity index (χ0n) is 24.8. The molecule has 212 valence electrons. The maximum Gasteiger partial charge on any atom is 0.0716 e. The minimum Gasteiger partial charge on any atom is -0.306 e. The molecular formula is C43H31N2+. The largest absolute Gasteiger partial charge is 0.306 e. The van der Waals surface area contributed by atoms with E-state index in [9.17, 15) is 0 Å². The highest BCUT2D eigenvalue weighted by molar-refractivity contribution is 5.92. The van der Waals surface area contributed by atoms with Crippen molar-refractivity contribution < 1.29 is 0 Å². The summed E-state index contributed by atoms with van der Waals surface area (Å²) in [7, 11) is 0. The van der Waals surface area contributed by atoms with Gasteiger partial charge in [-0.15, -0.1) is 0 Å². The van der Waals surface area contributed by atoms with Crippen molar-refractivity contribution in [1.82, 2.24) is 0 Å². The van der Waals surface area contributed by atoms with Crippen LogP contribution in [0.1, 0.15) is 16.7 Å². The Hall–Kier alpha value is -5.99. The molecule has 0 fully saturated rings. The van der Waals surface area contributed by atoms with E-state index in [1.54, 1.807) is 0 Å². The molecule has 1 aliphatic carbocycles. The zero-order valence-corrected chi connectivity index (χ0v) is 24.8. The molecule has 0 aliphatic heterocycles. The minimum absolute atomic E-state index is 1.13. The third kappa shape index (κ3) is 4.93. The van der Waals surface area contributed by atoms with Gasteiger partial charge in [0.05, 0.1) is 45.1 Å². The van der Waals surface area contributed by atoms with Gasteiger partial charge in [-0.3, -0.25) is 0 Å². The number of nitrogens with zero attached hydrogens (tertiary/aromatic N) is 2. The van der Waals surface area contributed by atoms with Crippen LogP contribution < -0.4 is 9.80 Å². The van der Waals surface area contributed by atoms with Crippen LogP contribution in [0.15, 0.2) is 188 Å². The molecule has 0 radical (unpaired) electrons. The SMILES string of the molecule is c1ccc([C+]2c3cc(N(c4ccccc4)c4ccccc4)ccc3-c3ccc(N(c4ccccc4)c4ccccc4)cc32)cc1. The van der Waals surface area contributed by atoms with Crippen molar-refractivity contribution in [2.45, 2.75) is 0 Å². The third-order valence-electron chi connectivity index (χ3n) is 8.47. The van der Waals surface area contributed by atoms with Crippen LogP contribution in [-0.2, 0) is 0 Å². The van der Waals surface area contributed by atoms with E-state index in [1.807, 2.05) is 0 Å². The maximum absolute atomic E-state index is 2.36. The van der Waals surface area contributed by atoms with Gasteiger partial charge < -0.3 is 9.80 Å². The zero-order chi connectivity index (χ0) is 30.0. The number of anilines is 6. The van der Waals surface area contributed by atoms with Gasteiger partial charge in [-0.1, -0.05) is 78.9 Å². The second kappa shape index (κ2) is 11.6. The van der Waals surface area contributed by atoms with Crippen molar-refractivity contribution >= 4 is 34.1 Å². The van der Waals surface area contributed by atoms with Crippen molar-refractivity contribution in [3.63, 3.8) is 0 Å². The van der Waals surface area contributed by atoms with E-state index >= 15 is 0 Å². The first-order chi connectivity index (χ1) is 22.3. The molecule has 45 heavy (non-hydrogen) atoms. The lowest BCUT2D eigenvalue weighted by molar-refractivity contribution is 1.24. The van der Waals surface area contributed by atoms with Gasteiger partial charge in [0.1, 0.15) is 0 Å². The highest BCUT2D eigenvalue weighted by Crippen LogP contribution is 2.51. The van der Waals surface area contributed by atoms with Gasteiger partial charge >= 0.3 is 0 Å². The average Bonchev–Trinajstić information content (AvgIpc) is 3.44. The van der Waals surface area contributed by atoms with Crippen molar-refractivity contribution in [2.24, 2.45) is 0 Å². The van der Waals surface area contributed by atoms with Crippen LogP contribution >= 0.6 is 0 Å². The molecule has 0 N–H and O–H groups in total. The number of para-hydroxylation sites is 4. The summed E-state index contributed by atoms with van der Waals surface area (Å²) in [4.78, 5) is 4.67. The Labute approximate surface area is 265 Å². The predicted molar refractivity (Wildman–Crippen MR) is 188 cm³/mol. The Morgan fingerprint density at radius 2 is 0.600 bits per heavy atom. The molecule has 0 spiro atoms. The van der Waals surface area contributed by atoms with Crippen LogP contribution in [0.4, 0.5) is 34.1 Å². The van der Waals surface area contributed by atoms with Crippen LogP contribution in [-0.4, -0.2) is 0 Å². The van der Waals surface area contributed by atoms with Gasteiger partial charge in [0, 0.05) is 34.9 Å². The summed E-state index contributed by atoms with van der Waals surface area (Å²) < 4.78 is 0. The smallest absolute Gasteiger partial charge is 0.0716 e. The lowest BCUT2D eigenvalue weighted by Gasteiger charge is -2.25. The van der Waals surface area contributed by atoms with E-state index in [-0.39, 0.29) is 0 Å². The molecule has 0 unspecified atom stereocenters. The van der Waals surface area contributed by atoms with Crippen molar-refractivity contribution in [3.8, 4) is 11.1 Å². The standard InChI is InChI=1S/C43H31N2/c1-6-16-32(17-7-1)43-41-30-37(44(33-18-8-2-9-19-33)34-20-10-3-11-21-34)26-28-39(41)40-29-27-38(31-42(40)43)45(35-22-12-4-13-23-35)36-24-14-5-15-25-36/h1-31H/q+1. The molecule has 7 aromatic rings. The van der Waals surface area contributed by atoms with E-state index in [2.05, 4.69) is 198 Å². The summed E-state index contributed by atoms with van der Waals surface area (Å²) in [5, 5.41) is 0. The topological polar surface area (TPSA) is 6.48 Å². The Morgan fingerprint density at radius 3 is 0.933 bits per heavy atom. The summed E-state index contributed by atoms with van der Waals surface area (Å²) in [5.74, 6) is 1.26. The molecule has 8 rings (SSSR count). The van der Waals surface area contributed by atoms with Crippen LogP contribution in [0.2, 0.25) is 0 Å². The number of hydrogen-bond acceptors (Lipinski definition) is 2. The van der Waals surface area contributed by atoms with E-state index in [1.165, 1.54) is 33.7 Å². The molecule has 2 heteroatoms. The first-order valence-corrected chi connectivity index (χ1v) is 15.4. The van der Waals surface area contributed by atoms with E-state index in [0.29, 0.717) is 0 Å². The minimum atomic E-state index is 1.13. The highest BCUT2D eigenvalue weighted by atomic mass is 15.1. The molecular weight excluding hydrogens is 544 g/mol. The summed E-state index contributed by atoms with van der Waals surface area (Å²) in [6.45, 7) is 0. The molecule has 0 bridgehead atoms.